The zero-order valence-corrected chi connectivity index (χ0v) is 16.1. The van der Waals surface area contributed by atoms with Gasteiger partial charge in [-0.3, -0.25) is 14.3 Å². The van der Waals surface area contributed by atoms with Crippen LogP contribution in [0.5, 0.6) is 0 Å². The topological polar surface area (TPSA) is 95.6 Å². The molecular weight excluding hydrogens is 411 g/mol. The Hall–Kier alpha value is -3.08. The number of carbonyl (C=O) groups is 2. The Morgan fingerprint density at radius 2 is 1.83 bits per heavy atom. The van der Waals surface area contributed by atoms with Gasteiger partial charge in [0.05, 0.1) is 22.6 Å². The second-order valence-electron chi connectivity index (χ2n) is 6.46. The van der Waals surface area contributed by atoms with E-state index in [0.29, 0.717) is 17.3 Å². The predicted octanol–water partition coefficient (Wildman–Crippen LogP) is 2.98. The minimum atomic E-state index is -4.86. The molecule has 0 saturated heterocycles. The molecule has 0 bridgehead atoms. The molecule has 1 aliphatic heterocycles. The third-order valence-corrected chi connectivity index (χ3v) is 5.69. The highest BCUT2D eigenvalue weighted by atomic mass is 32.2. The quantitative estimate of drug-likeness (QED) is 0.784. The molecule has 7 nitrogen and oxygen atoms in total. The van der Waals surface area contributed by atoms with Gasteiger partial charge < -0.3 is 10.2 Å². The van der Waals surface area contributed by atoms with Crippen molar-refractivity contribution in [2.75, 3.05) is 22.0 Å². The summed E-state index contributed by atoms with van der Waals surface area (Å²) >= 11 is 0. The SMILES string of the molecule is CC(=O)Nc1ccc(NS(=O)(=O)c2ccc3c(c2)CC(=O)N3C)c(C(F)(F)F)c1. The Kier molecular flexibility index (Phi) is 5.03. The van der Waals surface area contributed by atoms with Gasteiger partial charge in [0.2, 0.25) is 11.8 Å². The number of alkyl halides is 3. The Morgan fingerprint density at radius 3 is 2.45 bits per heavy atom. The first-order valence-corrected chi connectivity index (χ1v) is 9.78. The summed E-state index contributed by atoms with van der Waals surface area (Å²) in [5.41, 5.74) is -1.03. The number of nitrogens with zero attached hydrogens (tertiary/aromatic N) is 1. The van der Waals surface area contributed by atoms with Gasteiger partial charge in [-0.25, -0.2) is 8.42 Å². The lowest BCUT2D eigenvalue weighted by Gasteiger charge is -2.17. The van der Waals surface area contributed by atoms with E-state index in [1.54, 1.807) is 7.05 Å². The van der Waals surface area contributed by atoms with Crippen molar-refractivity contribution in [3.63, 3.8) is 0 Å². The molecule has 2 N–H and O–H groups in total. The summed E-state index contributed by atoms with van der Waals surface area (Å²) in [7, 11) is -2.81. The van der Waals surface area contributed by atoms with Crippen LogP contribution in [-0.4, -0.2) is 27.3 Å². The fourth-order valence-electron chi connectivity index (χ4n) is 2.97. The molecule has 2 aromatic carbocycles. The lowest BCUT2D eigenvalue weighted by atomic mass is 10.1. The number of sulfonamides is 1. The maximum Gasteiger partial charge on any atom is 0.418 e. The molecule has 154 valence electrons. The molecule has 0 aliphatic carbocycles. The second-order valence-corrected chi connectivity index (χ2v) is 8.15. The predicted molar refractivity (Wildman–Crippen MR) is 100 cm³/mol. The molecule has 0 atom stereocenters. The van der Waals surface area contributed by atoms with E-state index in [2.05, 4.69) is 5.32 Å². The van der Waals surface area contributed by atoms with Gasteiger partial charge in [-0.15, -0.1) is 0 Å². The summed E-state index contributed by atoms with van der Waals surface area (Å²) in [5.74, 6) is -0.778. The summed E-state index contributed by atoms with van der Waals surface area (Å²) in [6.07, 6.45) is -4.85. The van der Waals surface area contributed by atoms with Crippen LogP contribution in [0.3, 0.4) is 0 Å². The fraction of sp³-hybridized carbons (Fsp3) is 0.222. The van der Waals surface area contributed by atoms with Gasteiger partial charge in [-0.05, 0) is 42.0 Å². The first kappa shape index (κ1) is 20.6. The van der Waals surface area contributed by atoms with E-state index in [1.807, 2.05) is 4.72 Å². The molecule has 11 heteroatoms. The van der Waals surface area contributed by atoms with E-state index in [0.717, 1.165) is 19.1 Å². The average Bonchev–Trinajstić information content (AvgIpc) is 2.88. The normalized spacial score (nSPS) is 14.0. The summed E-state index contributed by atoms with van der Waals surface area (Å²) in [6.45, 7) is 1.14. The Labute approximate surface area is 164 Å². The van der Waals surface area contributed by atoms with E-state index < -0.39 is 33.4 Å². The summed E-state index contributed by atoms with van der Waals surface area (Å²) < 4.78 is 67.5. The van der Waals surface area contributed by atoms with Crippen LogP contribution in [0.1, 0.15) is 18.1 Å². The third kappa shape index (κ3) is 4.19. The van der Waals surface area contributed by atoms with Gasteiger partial charge in [0, 0.05) is 25.3 Å². The maximum atomic E-state index is 13.4. The number of anilines is 3. The maximum absolute atomic E-state index is 13.4. The number of fused-ring (bicyclic) bond motifs is 1. The van der Waals surface area contributed by atoms with Crippen molar-refractivity contribution in [2.24, 2.45) is 0 Å². The van der Waals surface area contributed by atoms with E-state index in [9.17, 15) is 31.2 Å². The van der Waals surface area contributed by atoms with Gasteiger partial charge in [-0.1, -0.05) is 0 Å². The Balaban J connectivity index is 1.98. The van der Waals surface area contributed by atoms with Crippen molar-refractivity contribution in [3.8, 4) is 0 Å². The Morgan fingerprint density at radius 1 is 1.14 bits per heavy atom. The van der Waals surface area contributed by atoms with Crippen LogP contribution in [0.2, 0.25) is 0 Å². The number of amides is 2. The summed E-state index contributed by atoms with van der Waals surface area (Å²) in [4.78, 5) is 23.9. The molecule has 2 aromatic rings. The van der Waals surface area contributed by atoms with Crippen LogP contribution in [-0.2, 0) is 32.2 Å². The minimum Gasteiger partial charge on any atom is -0.326 e. The lowest BCUT2D eigenvalue weighted by Crippen LogP contribution is -2.20. The molecule has 1 aliphatic rings. The third-order valence-electron chi connectivity index (χ3n) is 4.33. The zero-order chi connectivity index (χ0) is 21.6. The van der Waals surface area contributed by atoms with Crippen LogP contribution in [0.15, 0.2) is 41.3 Å². The molecule has 29 heavy (non-hydrogen) atoms. The van der Waals surface area contributed by atoms with Crippen LogP contribution in [0.25, 0.3) is 0 Å². The molecule has 0 unspecified atom stereocenters. The highest BCUT2D eigenvalue weighted by Gasteiger charge is 2.35. The van der Waals surface area contributed by atoms with Crippen molar-refractivity contribution in [2.45, 2.75) is 24.4 Å². The molecule has 1 heterocycles. The van der Waals surface area contributed by atoms with E-state index in [-0.39, 0.29) is 22.9 Å². The van der Waals surface area contributed by atoms with Gasteiger partial charge in [0.1, 0.15) is 0 Å². The number of rotatable bonds is 4. The minimum absolute atomic E-state index is 0.00834. The molecular formula is C18H16F3N3O4S. The number of nitrogens with one attached hydrogen (secondary N) is 2. The number of likely N-dealkylation sites (N-methyl/N-ethyl adjacent to an activating group) is 1. The van der Waals surface area contributed by atoms with E-state index in [1.165, 1.54) is 23.1 Å². The van der Waals surface area contributed by atoms with Gasteiger partial charge in [0.15, 0.2) is 0 Å². The van der Waals surface area contributed by atoms with E-state index >= 15 is 0 Å². The first-order chi connectivity index (χ1) is 13.4. The summed E-state index contributed by atoms with van der Waals surface area (Å²) in [6, 6.07) is 6.64. The number of carbonyl (C=O) groups excluding carboxylic acids is 2. The smallest absolute Gasteiger partial charge is 0.326 e. The van der Waals surface area contributed by atoms with Crippen LogP contribution < -0.4 is 14.9 Å². The first-order valence-electron chi connectivity index (χ1n) is 8.29. The monoisotopic (exact) mass is 427 g/mol. The molecule has 0 fully saturated rings. The molecule has 0 radical (unpaired) electrons. The number of halogens is 3. The molecule has 2 amide bonds. The van der Waals surface area contributed by atoms with Crippen LogP contribution in [0.4, 0.5) is 30.2 Å². The largest absolute Gasteiger partial charge is 0.418 e. The number of benzene rings is 2. The lowest BCUT2D eigenvalue weighted by molar-refractivity contribution is -0.137. The van der Waals surface area contributed by atoms with Crippen molar-refractivity contribution in [3.05, 3.63) is 47.5 Å². The molecule has 0 spiro atoms. The van der Waals surface area contributed by atoms with Crippen molar-refractivity contribution in [1.82, 2.24) is 0 Å². The highest BCUT2D eigenvalue weighted by Crippen LogP contribution is 2.38. The van der Waals surface area contributed by atoms with Crippen LogP contribution in [0, 0.1) is 0 Å². The van der Waals surface area contributed by atoms with Crippen molar-refractivity contribution in [1.29, 1.82) is 0 Å². The fourth-order valence-corrected chi connectivity index (χ4v) is 4.10. The van der Waals surface area contributed by atoms with Gasteiger partial charge in [0.25, 0.3) is 10.0 Å². The van der Waals surface area contributed by atoms with Crippen LogP contribution >= 0.6 is 0 Å². The van der Waals surface area contributed by atoms with Gasteiger partial charge in [-0.2, -0.15) is 13.2 Å². The summed E-state index contributed by atoms with van der Waals surface area (Å²) in [5, 5.41) is 2.22. The molecule has 0 aromatic heterocycles. The van der Waals surface area contributed by atoms with Gasteiger partial charge >= 0.3 is 6.18 Å². The second kappa shape index (κ2) is 7.07. The molecule has 0 saturated carbocycles. The van der Waals surface area contributed by atoms with E-state index in [4.69, 9.17) is 0 Å². The standard InChI is InChI=1S/C18H16F3N3O4S/c1-10(25)22-12-3-5-15(14(9-12)18(19,20)21)23-29(27,28)13-4-6-16-11(7-13)8-17(26)24(16)2/h3-7,9,23H,8H2,1-2H3,(H,22,25). The molecule has 3 rings (SSSR count). The Bertz CT molecular complexity index is 1110. The number of hydrogen-bond acceptors (Lipinski definition) is 4. The highest BCUT2D eigenvalue weighted by molar-refractivity contribution is 7.92. The number of hydrogen-bond donors (Lipinski definition) is 2. The van der Waals surface area contributed by atoms with Crippen molar-refractivity contribution >= 4 is 38.9 Å². The zero-order valence-electron chi connectivity index (χ0n) is 15.3. The van der Waals surface area contributed by atoms with Crippen molar-refractivity contribution < 1.29 is 31.2 Å². The average molecular weight is 427 g/mol.